The van der Waals surface area contributed by atoms with E-state index in [1.165, 1.54) is 16.9 Å². The molecule has 0 aliphatic carbocycles. The highest BCUT2D eigenvalue weighted by atomic mass is 32.1. The van der Waals surface area contributed by atoms with E-state index in [1.807, 2.05) is 5.38 Å². The maximum atomic E-state index is 13.2. The molecule has 0 saturated heterocycles. The summed E-state index contributed by atoms with van der Waals surface area (Å²) in [6.07, 6.45) is 3.33. The number of benzene rings is 1. The summed E-state index contributed by atoms with van der Waals surface area (Å²) in [6, 6.07) is 6.18. The summed E-state index contributed by atoms with van der Waals surface area (Å²) in [6.45, 7) is 2.65. The lowest BCUT2D eigenvalue weighted by Crippen LogP contribution is -2.04. The minimum absolute atomic E-state index is 0.311. The molecule has 2 aromatic heterocycles. The van der Waals surface area contributed by atoms with E-state index in [4.69, 9.17) is 0 Å². The van der Waals surface area contributed by atoms with E-state index >= 15 is 0 Å². The molecule has 0 spiro atoms. The van der Waals surface area contributed by atoms with E-state index in [1.54, 1.807) is 23.5 Å². The van der Waals surface area contributed by atoms with E-state index < -0.39 is 0 Å². The molecule has 0 saturated carbocycles. The molecule has 0 fully saturated rings. The first-order valence-electron chi connectivity index (χ1n) is 7.21. The van der Waals surface area contributed by atoms with E-state index in [0.29, 0.717) is 17.9 Å². The van der Waals surface area contributed by atoms with Gasteiger partial charge >= 0.3 is 0 Å². The Bertz CT molecular complexity index is 752. The predicted molar refractivity (Wildman–Crippen MR) is 83.0 cm³/mol. The summed E-state index contributed by atoms with van der Waals surface area (Å²) in [7, 11) is 0. The molecule has 2 heterocycles. The van der Waals surface area contributed by atoms with Gasteiger partial charge in [0, 0.05) is 10.9 Å². The summed E-state index contributed by atoms with van der Waals surface area (Å²) < 4.78 is 13.2. The number of halogens is 1. The fourth-order valence-corrected chi connectivity index (χ4v) is 2.89. The van der Waals surface area contributed by atoms with Gasteiger partial charge in [0.05, 0.1) is 10.7 Å². The number of aromatic nitrogens is 5. The van der Waals surface area contributed by atoms with Gasteiger partial charge in [-0.15, -0.1) is 21.5 Å². The van der Waals surface area contributed by atoms with Gasteiger partial charge < -0.3 is 0 Å². The van der Waals surface area contributed by atoms with Crippen LogP contribution in [-0.2, 0) is 13.0 Å². The molecule has 0 radical (unpaired) electrons. The van der Waals surface area contributed by atoms with Crippen LogP contribution in [0.15, 0.2) is 29.6 Å². The van der Waals surface area contributed by atoms with Crippen molar-refractivity contribution in [2.75, 3.05) is 0 Å². The largest absolute Gasteiger partial charge is 0.244 e. The lowest BCUT2D eigenvalue weighted by molar-refractivity contribution is 0.565. The molecule has 0 aliphatic rings. The molecule has 0 amide bonds. The molecule has 22 heavy (non-hydrogen) atoms. The van der Waals surface area contributed by atoms with Crippen molar-refractivity contribution in [3.8, 4) is 11.4 Å². The maximum Gasteiger partial charge on any atom is 0.205 e. The second-order valence-corrected chi connectivity index (χ2v) is 5.93. The number of hydrogen-bond acceptors (Lipinski definition) is 5. The van der Waals surface area contributed by atoms with E-state index in [0.717, 1.165) is 30.0 Å². The standard InChI is InChI=1S/C15H16FN5S/c1-2-3-7-14-17-13(10-22-14)9-21-19-15(18-20-21)11-5-4-6-12(16)8-11/h4-6,8,10H,2-3,7,9H2,1H3. The second-order valence-electron chi connectivity index (χ2n) is 4.99. The van der Waals surface area contributed by atoms with Crippen LogP contribution in [0.2, 0.25) is 0 Å². The Morgan fingerprint density at radius 2 is 2.23 bits per heavy atom. The molecule has 0 aliphatic heterocycles. The summed E-state index contributed by atoms with van der Waals surface area (Å²) in [5, 5.41) is 15.4. The van der Waals surface area contributed by atoms with Gasteiger partial charge in [-0.3, -0.25) is 0 Å². The zero-order valence-electron chi connectivity index (χ0n) is 12.2. The van der Waals surface area contributed by atoms with Crippen molar-refractivity contribution in [3.63, 3.8) is 0 Å². The molecule has 7 heteroatoms. The van der Waals surface area contributed by atoms with E-state index in [-0.39, 0.29) is 5.82 Å². The monoisotopic (exact) mass is 317 g/mol. The lowest BCUT2D eigenvalue weighted by atomic mass is 10.2. The number of nitrogens with zero attached hydrogens (tertiary/aromatic N) is 5. The van der Waals surface area contributed by atoms with Gasteiger partial charge in [-0.2, -0.15) is 4.80 Å². The molecule has 0 unspecified atom stereocenters. The minimum atomic E-state index is -0.311. The maximum absolute atomic E-state index is 13.2. The Morgan fingerprint density at radius 1 is 1.32 bits per heavy atom. The van der Waals surface area contributed by atoms with Crippen molar-refractivity contribution in [2.24, 2.45) is 0 Å². The number of aryl methyl sites for hydroxylation is 1. The molecule has 5 nitrogen and oxygen atoms in total. The van der Waals surface area contributed by atoms with Crippen LogP contribution in [0.1, 0.15) is 30.5 Å². The molecular weight excluding hydrogens is 301 g/mol. The average molecular weight is 317 g/mol. The SMILES string of the molecule is CCCCc1nc(Cn2nnc(-c3cccc(F)c3)n2)cs1. The number of thiazole rings is 1. The Balaban J connectivity index is 1.70. The Hall–Kier alpha value is -2.15. The molecule has 1 aromatic carbocycles. The molecule has 0 atom stereocenters. The summed E-state index contributed by atoms with van der Waals surface area (Å²) in [5.41, 5.74) is 1.55. The molecular formula is C15H16FN5S. The quantitative estimate of drug-likeness (QED) is 0.700. The smallest absolute Gasteiger partial charge is 0.205 e. The molecule has 0 N–H and O–H groups in total. The van der Waals surface area contributed by atoms with E-state index in [9.17, 15) is 4.39 Å². The van der Waals surface area contributed by atoms with Gasteiger partial charge in [-0.1, -0.05) is 25.5 Å². The summed E-state index contributed by atoms with van der Waals surface area (Å²) >= 11 is 1.66. The van der Waals surface area contributed by atoms with Crippen LogP contribution in [0.3, 0.4) is 0 Å². The van der Waals surface area contributed by atoms with Crippen LogP contribution in [0.5, 0.6) is 0 Å². The summed E-state index contributed by atoms with van der Waals surface area (Å²) in [5.74, 6) is 0.106. The van der Waals surface area contributed by atoms with Crippen LogP contribution in [0.25, 0.3) is 11.4 Å². The highest BCUT2D eigenvalue weighted by Gasteiger charge is 2.09. The molecule has 3 rings (SSSR count). The van der Waals surface area contributed by atoms with Crippen molar-refractivity contribution in [3.05, 3.63) is 46.2 Å². The van der Waals surface area contributed by atoms with Gasteiger partial charge in [-0.05, 0) is 30.2 Å². The van der Waals surface area contributed by atoms with Gasteiger partial charge in [-0.25, -0.2) is 9.37 Å². The van der Waals surface area contributed by atoms with Crippen LogP contribution in [0.4, 0.5) is 4.39 Å². The third kappa shape index (κ3) is 3.54. The third-order valence-corrected chi connectivity index (χ3v) is 4.14. The van der Waals surface area contributed by atoms with Crippen molar-refractivity contribution in [2.45, 2.75) is 32.7 Å². The first kappa shape index (κ1) is 14.8. The Kier molecular flexibility index (Phi) is 4.53. The average Bonchev–Trinajstić information content (AvgIpc) is 3.15. The fraction of sp³-hybridized carbons (Fsp3) is 0.333. The predicted octanol–water partition coefficient (Wildman–Crippen LogP) is 3.33. The van der Waals surface area contributed by atoms with Crippen molar-refractivity contribution in [1.29, 1.82) is 0 Å². The first-order chi connectivity index (χ1) is 10.7. The van der Waals surface area contributed by atoms with Gasteiger partial charge in [0.1, 0.15) is 12.4 Å². The Labute approximate surface area is 131 Å². The minimum Gasteiger partial charge on any atom is -0.244 e. The van der Waals surface area contributed by atoms with Crippen molar-refractivity contribution >= 4 is 11.3 Å². The lowest BCUT2D eigenvalue weighted by Gasteiger charge is -1.95. The highest BCUT2D eigenvalue weighted by molar-refractivity contribution is 7.09. The van der Waals surface area contributed by atoms with Crippen molar-refractivity contribution < 1.29 is 4.39 Å². The second kappa shape index (κ2) is 6.74. The first-order valence-corrected chi connectivity index (χ1v) is 8.09. The van der Waals surface area contributed by atoms with E-state index in [2.05, 4.69) is 27.3 Å². The Morgan fingerprint density at radius 3 is 3.05 bits per heavy atom. The third-order valence-electron chi connectivity index (χ3n) is 3.18. The molecule has 0 bridgehead atoms. The van der Waals surface area contributed by atoms with Crippen LogP contribution >= 0.6 is 11.3 Å². The molecule has 3 aromatic rings. The fourth-order valence-electron chi connectivity index (χ4n) is 2.06. The molecule has 114 valence electrons. The van der Waals surface area contributed by atoms with Gasteiger partial charge in [0.25, 0.3) is 0 Å². The number of rotatable bonds is 6. The zero-order chi connectivity index (χ0) is 15.4. The number of hydrogen-bond donors (Lipinski definition) is 0. The van der Waals surface area contributed by atoms with Gasteiger partial charge in [0.2, 0.25) is 5.82 Å². The zero-order valence-corrected chi connectivity index (χ0v) is 13.1. The normalized spacial score (nSPS) is 11.0. The van der Waals surface area contributed by atoms with Gasteiger partial charge in [0.15, 0.2) is 0 Å². The van der Waals surface area contributed by atoms with Crippen LogP contribution in [0, 0.1) is 5.82 Å². The van der Waals surface area contributed by atoms with Crippen molar-refractivity contribution in [1.82, 2.24) is 25.2 Å². The summed E-state index contributed by atoms with van der Waals surface area (Å²) in [4.78, 5) is 6.05. The number of unbranched alkanes of at least 4 members (excludes halogenated alkanes) is 1. The highest BCUT2D eigenvalue weighted by Crippen LogP contribution is 2.16. The van der Waals surface area contributed by atoms with Crippen LogP contribution in [-0.4, -0.2) is 25.2 Å². The van der Waals surface area contributed by atoms with Crippen LogP contribution < -0.4 is 0 Å². The topological polar surface area (TPSA) is 56.5 Å². The number of tetrazole rings is 1.